The Morgan fingerprint density at radius 3 is 2.31 bits per heavy atom. The molecule has 0 saturated carbocycles. The van der Waals surface area contributed by atoms with Crippen LogP contribution in [0.15, 0.2) is 81.0 Å². The number of carbonyl (C=O) groups excluding carboxylic acids is 2. The molecule has 1 N–H and O–H groups in total. The maximum Gasteiger partial charge on any atom is 0.251 e. The fourth-order valence-electron chi connectivity index (χ4n) is 3.34. The van der Waals surface area contributed by atoms with Crippen LogP contribution in [-0.2, 0) is 9.84 Å². The van der Waals surface area contributed by atoms with Gasteiger partial charge in [0, 0.05) is 21.2 Å². The van der Waals surface area contributed by atoms with Crippen LogP contribution in [0.3, 0.4) is 0 Å². The zero-order chi connectivity index (χ0) is 20.8. The summed E-state index contributed by atoms with van der Waals surface area (Å²) in [7, 11) is -3.88. The lowest BCUT2D eigenvalue weighted by molar-refractivity contribution is 0.0938. The first kappa shape index (κ1) is 19.5. The molecule has 0 fully saturated rings. The van der Waals surface area contributed by atoms with Crippen LogP contribution in [0, 0.1) is 0 Å². The van der Waals surface area contributed by atoms with Crippen molar-refractivity contribution >= 4 is 37.5 Å². The lowest BCUT2D eigenvalue weighted by atomic mass is 10.0. The van der Waals surface area contributed by atoms with Crippen LogP contribution in [0.1, 0.15) is 44.8 Å². The number of sulfone groups is 1. The second-order valence-corrected chi connectivity index (χ2v) is 9.59. The zero-order valence-electron chi connectivity index (χ0n) is 15.3. The van der Waals surface area contributed by atoms with Crippen LogP contribution in [0.4, 0.5) is 0 Å². The van der Waals surface area contributed by atoms with Gasteiger partial charge in [0.05, 0.1) is 15.8 Å². The van der Waals surface area contributed by atoms with Gasteiger partial charge < -0.3 is 5.32 Å². The van der Waals surface area contributed by atoms with Gasteiger partial charge in [-0.25, -0.2) is 8.42 Å². The average Bonchev–Trinajstić information content (AvgIpc) is 2.72. The number of hydrogen-bond donors (Lipinski definition) is 1. The molecule has 146 valence electrons. The van der Waals surface area contributed by atoms with Crippen molar-refractivity contribution in [3.05, 3.63) is 93.5 Å². The van der Waals surface area contributed by atoms with Crippen molar-refractivity contribution < 1.29 is 18.0 Å². The van der Waals surface area contributed by atoms with E-state index < -0.39 is 15.7 Å². The highest BCUT2D eigenvalue weighted by molar-refractivity contribution is 9.10. The first-order valence-electron chi connectivity index (χ1n) is 8.88. The number of benzene rings is 3. The number of rotatable bonds is 3. The molecule has 0 spiro atoms. The third-order valence-corrected chi connectivity index (χ3v) is 7.30. The van der Waals surface area contributed by atoms with E-state index in [0.717, 1.165) is 10.0 Å². The number of hydrogen-bond acceptors (Lipinski definition) is 4. The Bertz CT molecular complexity index is 1250. The quantitative estimate of drug-likeness (QED) is 0.484. The van der Waals surface area contributed by atoms with E-state index in [9.17, 15) is 18.0 Å². The van der Waals surface area contributed by atoms with Crippen LogP contribution < -0.4 is 5.32 Å². The van der Waals surface area contributed by atoms with Crippen molar-refractivity contribution in [3.8, 4) is 0 Å². The first-order valence-corrected chi connectivity index (χ1v) is 11.2. The highest BCUT2D eigenvalue weighted by Crippen LogP contribution is 2.34. The normalized spacial score (nSPS) is 15.2. The van der Waals surface area contributed by atoms with Gasteiger partial charge in [-0.1, -0.05) is 40.2 Å². The molecule has 1 unspecified atom stereocenters. The monoisotopic (exact) mass is 469 g/mol. The van der Waals surface area contributed by atoms with Gasteiger partial charge >= 0.3 is 0 Å². The van der Waals surface area contributed by atoms with Gasteiger partial charge in [0.25, 0.3) is 5.91 Å². The van der Waals surface area contributed by atoms with Crippen molar-refractivity contribution in [1.82, 2.24) is 5.32 Å². The van der Waals surface area contributed by atoms with E-state index in [1.165, 1.54) is 30.3 Å². The summed E-state index contributed by atoms with van der Waals surface area (Å²) in [4.78, 5) is 25.3. The molecule has 1 aliphatic heterocycles. The Morgan fingerprint density at radius 1 is 0.931 bits per heavy atom. The minimum atomic E-state index is -3.88. The molecule has 3 aromatic rings. The van der Waals surface area contributed by atoms with Crippen LogP contribution in [0.5, 0.6) is 0 Å². The van der Waals surface area contributed by atoms with Crippen LogP contribution in [-0.4, -0.2) is 20.1 Å². The third-order valence-electron chi connectivity index (χ3n) is 4.92. The van der Waals surface area contributed by atoms with Gasteiger partial charge in [0.15, 0.2) is 5.78 Å². The predicted octanol–water partition coefficient (Wildman–Crippen LogP) is 4.32. The van der Waals surface area contributed by atoms with E-state index >= 15 is 0 Å². The van der Waals surface area contributed by atoms with Gasteiger partial charge in [-0.3, -0.25) is 9.59 Å². The largest absolute Gasteiger partial charge is 0.346 e. The molecule has 0 saturated heterocycles. The summed E-state index contributed by atoms with van der Waals surface area (Å²) in [6.45, 7) is 1.84. The summed E-state index contributed by atoms with van der Waals surface area (Å²) in [6.07, 6.45) is 0. The zero-order valence-corrected chi connectivity index (χ0v) is 17.7. The Morgan fingerprint density at radius 2 is 1.59 bits per heavy atom. The van der Waals surface area contributed by atoms with Crippen LogP contribution in [0.25, 0.3) is 0 Å². The van der Waals surface area contributed by atoms with E-state index in [-0.39, 0.29) is 38.3 Å². The van der Waals surface area contributed by atoms with Crippen LogP contribution >= 0.6 is 15.9 Å². The van der Waals surface area contributed by atoms with Crippen molar-refractivity contribution in [1.29, 1.82) is 0 Å². The van der Waals surface area contributed by atoms with Gasteiger partial charge in [0.1, 0.15) is 0 Å². The Hall–Kier alpha value is -2.77. The second-order valence-electron chi connectivity index (χ2n) is 6.79. The molecule has 1 heterocycles. The fraction of sp³-hybridized carbons (Fsp3) is 0.0909. The molecule has 0 bridgehead atoms. The molecule has 0 radical (unpaired) electrons. The number of ketones is 1. The van der Waals surface area contributed by atoms with Crippen molar-refractivity contribution in [2.75, 3.05) is 0 Å². The van der Waals surface area contributed by atoms with Crippen molar-refractivity contribution in [3.63, 3.8) is 0 Å². The highest BCUT2D eigenvalue weighted by Gasteiger charge is 2.35. The molecule has 29 heavy (non-hydrogen) atoms. The Balaban J connectivity index is 1.68. The molecule has 1 amide bonds. The second kappa shape index (κ2) is 7.24. The molecule has 4 rings (SSSR count). The molecular weight excluding hydrogens is 454 g/mol. The van der Waals surface area contributed by atoms with Gasteiger partial charge in [-0.2, -0.15) is 0 Å². The molecule has 0 aromatic heterocycles. The number of nitrogens with one attached hydrogen (secondary N) is 1. The Kier molecular flexibility index (Phi) is 4.88. The summed E-state index contributed by atoms with van der Waals surface area (Å²) >= 11 is 3.37. The van der Waals surface area contributed by atoms with E-state index in [1.807, 2.05) is 31.2 Å². The van der Waals surface area contributed by atoms with E-state index in [4.69, 9.17) is 0 Å². The van der Waals surface area contributed by atoms with E-state index in [2.05, 4.69) is 21.2 Å². The lowest BCUT2D eigenvalue weighted by Crippen LogP contribution is -2.27. The molecular formula is C22H16BrNO4S. The summed E-state index contributed by atoms with van der Waals surface area (Å²) < 4.78 is 26.9. The van der Waals surface area contributed by atoms with Crippen molar-refractivity contribution in [2.45, 2.75) is 22.8 Å². The molecule has 1 aliphatic rings. The molecule has 0 aliphatic carbocycles. The summed E-state index contributed by atoms with van der Waals surface area (Å²) in [5.74, 6) is -0.773. The number of fused-ring (bicyclic) bond motifs is 2. The number of carbonyl (C=O) groups is 2. The fourth-order valence-corrected chi connectivity index (χ4v) is 5.28. The van der Waals surface area contributed by atoms with Crippen molar-refractivity contribution in [2.24, 2.45) is 0 Å². The van der Waals surface area contributed by atoms with Gasteiger partial charge in [-0.05, 0) is 55.0 Å². The summed E-state index contributed by atoms with van der Waals surface area (Å²) in [6, 6.07) is 17.5. The van der Waals surface area contributed by atoms with E-state index in [0.29, 0.717) is 0 Å². The smallest absolute Gasteiger partial charge is 0.251 e. The Labute approximate surface area is 176 Å². The van der Waals surface area contributed by atoms with Gasteiger partial charge in [0.2, 0.25) is 9.84 Å². The molecule has 5 nitrogen and oxygen atoms in total. The topological polar surface area (TPSA) is 80.3 Å². The predicted molar refractivity (Wildman–Crippen MR) is 112 cm³/mol. The minimum absolute atomic E-state index is 0.0294. The molecule has 7 heteroatoms. The minimum Gasteiger partial charge on any atom is -0.346 e. The average molecular weight is 470 g/mol. The summed E-state index contributed by atoms with van der Waals surface area (Å²) in [5.41, 5.74) is 1.34. The summed E-state index contributed by atoms with van der Waals surface area (Å²) in [5, 5.41) is 2.86. The highest BCUT2D eigenvalue weighted by atomic mass is 79.9. The first-order chi connectivity index (χ1) is 13.8. The van der Waals surface area contributed by atoms with Gasteiger partial charge in [-0.15, -0.1) is 0 Å². The molecule has 1 atom stereocenters. The third kappa shape index (κ3) is 3.41. The maximum absolute atomic E-state index is 13.0. The maximum atomic E-state index is 13.0. The SMILES string of the molecule is CC(NC(=O)c1ccc2c(c1)S(=O)(=O)c1ccccc1C2=O)c1ccc(Br)cc1. The van der Waals surface area contributed by atoms with Crippen LogP contribution in [0.2, 0.25) is 0 Å². The lowest BCUT2D eigenvalue weighted by Gasteiger charge is -2.20. The standard InChI is InChI=1S/C22H16BrNO4S/c1-13(14-6-9-16(23)10-7-14)24-22(26)15-8-11-18-20(12-15)29(27,28)19-5-3-2-4-17(19)21(18)25/h2-13H,1H3,(H,24,26). The number of amides is 1. The number of halogens is 1. The molecule has 3 aromatic carbocycles. The van der Waals surface area contributed by atoms with E-state index in [1.54, 1.807) is 12.1 Å².